The van der Waals surface area contributed by atoms with Crippen molar-refractivity contribution < 1.29 is 0 Å². The molecule has 0 aliphatic rings. The molecule has 64 valence electrons. The Labute approximate surface area is 69.0 Å². The van der Waals surface area contributed by atoms with Crippen LogP contribution in [0.1, 0.15) is 26.2 Å². The van der Waals surface area contributed by atoms with Gasteiger partial charge in [-0.15, -0.1) is 0 Å². The van der Waals surface area contributed by atoms with Crippen molar-refractivity contribution in [2.75, 3.05) is 14.1 Å². The maximum absolute atomic E-state index is 8.40. The minimum Gasteiger partial charge on any atom is -0.307 e. The highest BCUT2D eigenvalue weighted by molar-refractivity contribution is 4.73. The molecule has 11 heavy (non-hydrogen) atoms. The van der Waals surface area contributed by atoms with Gasteiger partial charge in [0.15, 0.2) is 6.19 Å². The van der Waals surface area contributed by atoms with Crippen molar-refractivity contribution >= 4 is 0 Å². The first-order valence-corrected chi connectivity index (χ1v) is 4.03. The number of hydrogen-bond acceptors (Lipinski definition) is 3. The number of unbranched alkanes of at least 4 members (excludes halogenated alkanes) is 1. The number of hydrogen-bond donors (Lipinski definition) is 1. The molecule has 0 aromatic rings. The summed E-state index contributed by atoms with van der Waals surface area (Å²) in [6.07, 6.45) is 5.56. The van der Waals surface area contributed by atoms with E-state index in [2.05, 4.69) is 12.2 Å². The normalized spacial score (nSPS) is 12.6. The monoisotopic (exact) mass is 155 g/mol. The minimum atomic E-state index is 0.208. The van der Waals surface area contributed by atoms with E-state index in [4.69, 9.17) is 5.26 Å². The van der Waals surface area contributed by atoms with Crippen LogP contribution in [-0.4, -0.2) is 25.2 Å². The molecule has 0 aliphatic carbocycles. The van der Waals surface area contributed by atoms with Gasteiger partial charge in [-0.25, -0.2) is 0 Å². The van der Waals surface area contributed by atoms with E-state index in [1.165, 1.54) is 6.42 Å². The molecule has 1 atom stereocenters. The Morgan fingerprint density at radius 2 is 2.18 bits per heavy atom. The zero-order valence-corrected chi connectivity index (χ0v) is 7.59. The number of nitriles is 1. The summed E-state index contributed by atoms with van der Waals surface area (Å²) in [5.74, 6) is 0. The standard InChI is InChI=1S/C8H17N3/c1-4-5-6-8(10-7-9)11(2)3/h8,10H,4-6H2,1-3H3. The molecule has 0 aliphatic heterocycles. The molecule has 3 heteroatoms. The fourth-order valence-electron chi connectivity index (χ4n) is 0.931. The zero-order chi connectivity index (χ0) is 8.69. The molecule has 1 N–H and O–H groups in total. The lowest BCUT2D eigenvalue weighted by molar-refractivity contribution is 0.251. The van der Waals surface area contributed by atoms with Crippen molar-refractivity contribution in [2.45, 2.75) is 32.4 Å². The molecular formula is C8H17N3. The van der Waals surface area contributed by atoms with Crippen molar-refractivity contribution in [1.29, 1.82) is 5.26 Å². The summed E-state index contributed by atoms with van der Waals surface area (Å²) in [5.41, 5.74) is 0. The van der Waals surface area contributed by atoms with Crippen molar-refractivity contribution in [3.63, 3.8) is 0 Å². The van der Waals surface area contributed by atoms with Crippen LogP contribution in [0.15, 0.2) is 0 Å². The third-order valence-corrected chi connectivity index (χ3v) is 1.69. The number of nitrogens with zero attached hydrogens (tertiary/aromatic N) is 2. The first-order valence-electron chi connectivity index (χ1n) is 4.03. The molecule has 0 spiro atoms. The van der Waals surface area contributed by atoms with Gasteiger partial charge in [-0.3, -0.25) is 4.90 Å². The van der Waals surface area contributed by atoms with Crippen LogP contribution < -0.4 is 5.32 Å². The molecule has 0 heterocycles. The van der Waals surface area contributed by atoms with Crippen LogP contribution in [0.5, 0.6) is 0 Å². The van der Waals surface area contributed by atoms with Gasteiger partial charge >= 0.3 is 0 Å². The maximum Gasteiger partial charge on any atom is 0.177 e. The summed E-state index contributed by atoms with van der Waals surface area (Å²) < 4.78 is 0. The van der Waals surface area contributed by atoms with Crippen LogP contribution >= 0.6 is 0 Å². The van der Waals surface area contributed by atoms with Crippen molar-refractivity contribution in [3.05, 3.63) is 0 Å². The van der Waals surface area contributed by atoms with Gasteiger partial charge in [0.1, 0.15) is 0 Å². The van der Waals surface area contributed by atoms with Crippen molar-refractivity contribution in [3.8, 4) is 6.19 Å². The van der Waals surface area contributed by atoms with Gasteiger partial charge in [0.2, 0.25) is 0 Å². The Balaban J connectivity index is 3.62. The van der Waals surface area contributed by atoms with Crippen LogP contribution in [0.3, 0.4) is 0 Å². The highest BCUT2D eigenvalue weighted by Crippen LogP contribution is 2.01. The molecule has 0 aromatic carbocycles. The summed E-state index contributed by atoms with van der Waals surface area (Å²) in [6, 6.07) is 0. The Morgan fingerprint density at radius 1 is 1.55 bits per heavy atom. The van der Waals surface area contributed by atoms with Crippen LogP contribution in [0.4, 0.5) is 0 Å². The van der Waals surface area contributed by atoms with Crippen LogP contribution in [0, 0.1) is 11.5 Å². The van der Waals surface area contributed by atoms with Crippen LogP contribution in [0.2, 0.25) is 0 Å². The second-order valence-electron chi connectivity index (χ2n) is 2.88. The molecule has 0 bridgehead atoms. The van der Waals surface area contributed by atoms with E-state index >= 15 is 0 Å². The molecule has 0 fully saturated rings. The SMILES string of the molecule is CCCCC(NC#N)N(C)C. The Kier molecular flexibility index (Phi) is 5.58. The lowest BCUT2D eigenvalue weighted by atomic mass is 10.2. The van der Waals surface area contributed by atoms with E-state index in [9.17, 15) is 0 Å². The zero-order valence-electron chi connectivity index (χ0n) is 7.59. The van der Waals surface area contributed by atoms with E-state index in [1.54, 1.807) is 0 Å². The van der Waals surface area contributed by atoms with E-state index < -0.39 is 0 Å². The average Bonchev–Trinajstić information content (AvgIpc) is 1.97. The topological polar surface area (TPSA) is 39.1 Å². The first kappa shape index (κ1) is 10.2. The molecule has 1 unspecified atom stereocenters. The Bertz CT molecular complexity index is 126. The quantitative estimate of drug-likeness (QED) is 0.367. The summed E-state index contributed by atoms with van der Waals surface area (Å²) in [5, 5.41) is 11.1. The van der Waals surface area contributed by atoms with Gasteiger partial charge in [-0.2, -0.15) is 5.26 Å². The van der Waals surface area contributed by atoms with Gasteiger partial charge in [0, 0.05) is 0 Å². The predicted octanol–water partition coefficient (Wildman–Crippen LogP) is 1.13. The average molecular weight is 155 g/mol. The fourth-order valence-corrected chi connectivity index (χ4v) is 0.931. The highest BCUT2D eigenvalue weighted by atomic mass is 15.2. The maximum atomic E-state index is 8.40. The van der Waals surface area contributed by atoms with Crippen molar-refractivity contribution in [2.24, 2.45) is 0 Å². The number of rotatable bonds is 5. The smallest absolute Gasteiger partial charge is 0.177 e. The lowest BCUT2D eigenvalue weighted by Gasteiger charge is -2.22. The van der Waals surface area contributed by atoms with Crippen molar-refractivity contribution in [1.82, 2.24) is 10.2 Å². The van der Waals surface area contributed by atoms with Crippen LogP contribution in [-0.2, 0) is 0 Å². The Morgan fingerprint density at radius 3 is 2.55 bits per heavy atom. The van der Waals surface area contributed by atoms with E-state index in [0.717, 1.165) is 12.8 Å². The molecule has 3 nitrogen and oxygen atoms in total. The second kappa shape index (κ2) is 5.99. The largest absolute Gasteiger partial charge is 0.307 e. The molecule has 0 rings (SSSR count). The molecule has 0 saturated heterocycles. The second-order valence-corrected chi connectivity index (χ2v) is 2.88. The van der Waals surface area contributed by atoms with Gasteiger partial charge in [-0.1, -0.05) is 19.8 Å². The van der Waals surface area contributed by atoms with Crippen LogP contribution in [0.25, 0.3) is 0 Å². The lowest BCUT2D eigenvalue weighted by Crippen LogP contribution is -2.38. The third kappa shape index (κ3) is 4.63. The third-order valence-electron chi connectivity index (χ3n) is 1.69. The summed E-state index contributed by atoms with van der Waals surface area (Å²) >= 11 is 0. The fraction of sp³-hybridized carbons (Fsp3) is 0.875. The number of nitrogens with one attached hydrogen (secondary N) is 1. The predicted molar refractivity (Wildman–Crippen MR) is 45.7 cm³/mol. The summed E-state index contributed by atoms with van der Waals surface area (Å²) in [4.78, 5) is 2.03. The van der Waals surface area contributed by atoms with Gasteiger partial charge in [-0.05, 0) is 20.5 Å². The highest BCUT2D eigenvalue weighted by Gasteiger charge is 2.07. The molecular weight excluding hydrogens is 138 g/mol. The molecule has 0 aromatic heterocycles. The molecule has 0 amide bonds. The van der Waals surface area contributed by atoms with Gasteiger partial charge < -0.3 is 5.32 Å². The summed E-state index contributed by atoms with van der Waals surface area (Å²) in [7, 11) is 3.95. The van der Waals surface area contributed by atoms with Gasteiger partial charge in [0.25, 0.3) is 0 Å². The summed E-state index contributed by atoms with van der Waals surface area (Å²) in [6.45, 7) is 2.15. The Hall–Kier alpha value is -0.750. The molecule has 0 radical (unpaired) electrons. The van der Waals surface area contributed by atoms with E-state index in [1.807, 2.05) is 25.2 Å². The van der Waals surface area contributed by atoms with E-state index in [0.29, 0.717) is 0 Å². The first-order chi connectivity index (χ1) is 5.22. The minimum absolute atomic E-state index is 0.208. The molecule has 0 saturated carbocycles. The van der Waals surface area contributed by atoms with E-state index in [-0.39, 0.29) is 6.17 Å². The van der Waals surface area contributed by atoms with Gasteiger partial charge in [0.05, 0.1) is 6.17 Å².